The van der Waals surface area contributed by atoms with Gasteiger partial charge in [-0.05, 0) is 26.0 Å². The Hall–Kier alpha value is -1.58. The number of guanidine groups is 1. The molecule has 0 aliphatic rings. The Bertz CT molecular complexity index is 322. The molecule has 0 unspecified atom stereocenters. The molecule has 1 aromatic heterocycles. The van der Waals surface area contributed by atoms with Gasteiger partial charge in [0.25, 0.3) is 0 Å². The summed E-state index contributed by atoms with van der Waals surface area (Å²) in [7, 11) is 0. The fraction of sp³-hybridized carbons (Fsp3) is 0.400. The highest BCUT2D eigenvalue weighted by atomic mass is 15.2. The summed E-state index contributed by atoms with van der Waals surface area (Å²) in [5.41, 5.74) is 7.35. The lowest BCUT2D eigenvalue weighted by Gasteiger charge is -2.19. The summed E-state index contributed by atoms with van der Waals surface area (Å²) in [6.07, 6.45) is 0. The molecule has 4 heteroatoms. The molecule has 1 heterocycles. The number of nitrogens with two attached hydrogens (primary N) is 1. The van der Waals surface area contributed by atoms with Gasteiger partial charge in [0.15, 0.2) is 5.96 Å². The van der Waals surface area contributed by atoms with Gasteiger partial charge in [-0.25, -0.2) is 0 Å². The van der Waals surface area contributed by atoms with Gasteiger partial charge in [-0.2, -0.15) is 0 Å². The SMILES string of the molecule is CCN(Cc1cccc(C)n1)C(=N)N. The zero-order valence-corrected chi connectivity index (χ0v) is 8.62. The minimum Gasteiger partial charge on any atom is -0.370 e. The van der Waals surface area contributed by atoms with Crippen LogP contribution in [0.1, 0.15) is 18.3 Å². The van der Waals surface area contributed by atoms with E-state index in [-0.39, 0.29) is 5.96 Å². The van der Waals surface area contributed by atoms with Crippen molar-refractivity contribution in [2.45, 2.75) is 20.4 Å². The smallest absolute Gasteiger partial charge is 0.188 e. The monoisotopic (exact) mass is 192 g/mol. The van der Waals surface area contributed by atoms with Crippen molar-refractivity contribution in [2.75, 3.05) is 6.54 Å². The van der Waals surface area contributed by atoms with Crippen LogP contribution in [0, 0.1) is 12.3 Å². The summed E-state index contributed by atoms with van der Waals surface area (Å²) >= 11 is 0. The van der Waals surface area contributed by atoms with Crippen LogP contribution in [0.25, 0.3) is 0 Å². The van der Waals surface area contributed by atoms with Crippen LogP contribution in [0.15, 0.2) is 18.2 Å². The maximum Gasteiger partial charge on any atom is 0.188 e. The zero-order chi connectivity index (χ0) is 10.6. The lowest BCUT2D eigenvalue weighted by atomic mass is 10.3. The number of nitrogens with one attached hydrogen (secondary N) is 1. The highest BCUT2D eigenvalue weighted by Crippen LogP contribution is 2.02. The van der Waals surface area contributed by atoms with E-state index in [9.17, 15) is 0 Å². The summed E-state index contributed by atoms with van der Waals surface area (Å²) in [5.74, 6) is 0.0933. The largest absolute Gasteiger partial charge is 0.370 e. The van der Waals surface area contributed by atoms with Crippen LogP contribution in [0.5, 0.6) is 0 Å². The number of rotatable bonds is 3. The fourth-order valence-corrected chi connectivity index (χ4v) is 1.25. The van der Waals surface area contributed by atoms with Gasteiger partial charge in [0.05, 0.1) is 12.2 Å². The van der Waals surface area contributed by atoms with E-state index in [1.54, 1.807) is 4.90 Å². The molecule has 0 aromatic carbocycles. The zero-order valence-electron chi connectivity index (χ0n) is 8.62. The second kappa shape index (κ2) is 4.60. The number of aromatic nitrogens is 1. The Kier molecular flexibility index (Phi) is 3.45. The van der Waals surface area contributed by atoms with Gasteiger partial charge in [-0.1, -0.05) is 6.07 Å². The predicted octanol–water partition coefficient (Wildman–Crippen LogP) is 1.11. The van der Waals surface area contributed by atoms with E-state index in [0.717, 1.165) is 17.9 Å². The Morgan fingerprint density at radius 1 is 1.57 bits per heavy atom. The molecule has 0 fully saturated rings. The number of aryl methyl sites for hydroxylation is 1. The fourth-order valence-electron chi connectivity index (χ4n) is 1.25. The molecule has 1 aromatic rings. The second-order valence-corrected chi connectivity index (χ2v) is 3.17. The first-order valence-corrected chi connectivity index (χ1v) is 4.65. The van der Waals surface area contributed by atoms with Crippen molar-refractivity contribution in [2.24, 2.45) is 5.73 Å². The number of nitrogens with zero attached hydrogens (tertiary/aromatic N) is 2. The molecule has 0 bridgehead atoms. The second-order valence-electron chi connectivity index (χ2n) is 3.17. The van der Waals surface area contributed by atoms with Crippen LogP contribution in [-0.4, -0.2) is 22.4 Å². The molecule has 0 atom stereocenters. The summed E-state index contributed by atoms with van der Waals surface area (Å²) < 4.78 is 0. The highest BCUT2D eigenvalue weighted by molar-refractivity contribution is 5.74. The van der Waals surface area contributed by atoms with Crippen molar-refractivity contribution in [1.82, 2.24) is 9.88 Å². The summed E-state index contributed by atoms with van der Waals surface area (Å²) in [6.45, 7) is 5.25. The molecule has 0 spiro atoms. The molecule has 4 nitrogen and oxygen atoms in total. The van der Waals surface area contributed by atoms with Gasteiger partial charge >= 0.3 is 0 Å². The van der Waals surface area contributed by atoms with Crippen molar-refractivity contribution in [3.05, 3.63) is 29.6 Å². The van der Waals surface area contributed by atoms with Crippen LogP contribution in [0.4, 0.5) is 0 Å². The lowest BCUT2D eigenvalue weighted by Crippen LogP contribution is -2.35. The average Bonchev–Trinajstić information content (AvgIpc) is 2.14. The lowest BCUT2D eigenvalue weighted by molar-refractivity contribution is 0.421. The van der Waals surface area contributed by atoms with Crippen LogP contribution in [-0.2, 0) is 6.54 Å². The molecule has 1 rings (SSSR count). The Balaban J connectivity index is 2.72. The molecule has 0 aliphatic carbocycles. The number of hydrogen-bond acceptors (Lipinski definition) is 2. The van der Waals surface area contributed by atoms with Gasteiger partial charge in [0, 0.05) is 12.2 Å². The van der Waals surface area contributed by atoms with Crippen molar-refractivity contribution in [3.63, 3.8) is 0 Å². The van der Waals surface area contributed by atoms with Gasteiger partial charge < -0.3 is 10.6 Å². The first kappa shape index (κ1) is 10.5. The minimum atomic E-state index is 0.0933. The molecule has 76 valence electrons. The molecule has 14 heavy (non-hydrogen) atoms. The third-order valence-corrected chi connectivity index (χ3v) is 2.02. The van der Waals surface area contributed by atoms with Gasteiger partial charge in [-0.3, -0.25) is 10.4 Å². The van der Waals surface area contributed by atoms with E-state index in [1.165, 1.54) is 0 Å². The van der Waals surface area contributed by atoms with Gasteiger partial charge in [0.1, 0.15) is 0 Å². The van der Waals surface area contributed by atoms with Gasteiger partial charge in [0.2, 0.25) is 0 Å². The molecule has 0 amide bonds. The topological polar surface area (TPSA) is 66.0 Å². The van der Waals surface area contributed by atoms with Crippen LogP contribution in [0.2, 0.25) is 0 Å². The van der Waals surface area contributed by atoms with Crippen molar-refractivity contribution in [3.8, 4) is 0 Å². The maximum atomic E-state index is 7.33. The summed E-state index contributed by atoms with van der Waals surface area (Å²) in [4.78, 5) is 6.12. The quantitative estimate of drug-likeness (QED) is 0.557. The minimum absolute atomic E-state index is 0.0933. The molecule has 0 saturated carbocycles. The molecule has 3 N–H and O–H groups in total. The van der Waals surface area contributed by atoms with Crippen LogP contribution < -0.4 is 5.73 Å². The summed E-state index contributed by atoms with van der Waals surface area (Å²) in [6, 6.07) is 5.86. The maximum absolute atomic E-state index is 7.33. The van der Waals surface area contributed by atoms with E-state index in [2.05, 4.69) is 4.98 Å². The van der Waals surface area contributed by atoms with Crippen LogP contribution >= 0.6 is 0 Å². The number of hydrogen-bond donors (Lipinski definition) is 2. The number of pyridine rings is 1. The molecular weight excluding hydrogens is 176 g/mol. The third kappa shape index (κ3) is 2.73. The standard InChI is InChI=1S/C10H16N4/c1-3-14(10(11)12)7-9-6-4-5-8(2)13-9/h4-6H,3,7H2,1-2H3,(H3,11,12). The summed E-state index contributed by atoms with van der Waals surface area (Å²) in [5, 5.41) is 7.33. The molecule has 0 aliphatic heterocycles. The Morgan fingerprint density at radius 3 is 2.79 bits per heavy atom. The van der Waals surface area contributed by atoms with E-state index < -0.39 is 0 Å². The molecule has 0 saturated heterocycles. The Labute approximate surface area is 84.3 Å². The first-order chi connectivity index (χ1) is 6.63. The van der Waals surface area contributed by atoms with Crippen molar-refractivity contribution < 1.29 is 0 Å². The van der Waals surface area contributed by atoms with E-state index >= 15 is 0 Å². The third-order valence-electron chi connectivity index (χ3n) is 2.02. The average molecular weight is 192 g/mol. The van der Waals surface area contributed by atoms with Crippen molar-refractivity contribution >= 4 is 5.96 Å². The normalized spacial score (nSPS) is 9.86. The van der Waals surface area contributed by atoms with Gasteiger partial charge in [-0.15, -0.1) is 0 Å². The molecule has 0 radical (unpaired) electrons. The van der Waals surface area contributed by atoms with E-state index in [4.69, 9.17) is 11.1 Å². The van der Waals surface area contributed by atoms with E-state index in [1.807, 2.05) is 32.0 Å². The predicted molar refractivity (Wildman–Crippen MR) is 57.0 cm³/mol. The first-order valence-electron chi connectivity index (χ1n) is 4.65. The van der Waals surface area contributed by atoms with E-state index in [0.29, 0.717) is 6.54 Å². The van der Waals surface area contributed by atoms with Crippen LogP contribution in [0.3, 0.4) is 0 Å². The molecular formula is C10H16N4. The Morgan fingerprint density at radius 2 is 2.29 bits per heavy atom. The highest BCUT2D eigenvalue weighted by Gasteiger charge is 2.05. The van der Waals surface area contributed by atoms with Crippen molar-refractivity contribution in [1.29, 1.82) is 5.41 Å².